The van der Waals surface area contributed by atoms with Gasteiger partial charge in [-0.25, -0.2) is 4.79 Å². The largest absolute Gasteiger partial charge is 0.469 e. The second kappa shape index (κ2) is 9.79. The molecule has 0 aromatic heterocycles. The van der Waals surface area contributed by atoms with E-state index in [4.69, 9.17) is 14.2 Å². The van der Waals surface area contributed by atoms with Gasteiger partial charge in [-0.1, -0.05) is 30.3 Å². The van der Waals surface area contributed by atoms with Crippen LogP contribution in [0.25, 0.3) is 0 Å². The highest BCUT2D eigenvalue weighted by Crippen LogP contribution is 2.16. The Morgan fingerprint density at radius 1 is 1.12 bits per heavy atom. The van der Waals surface area contributed by atoms with E-state index in [-0.39, 0.29) is 13.0 Å². The summed E-state index contributed by atoms with van der Waals surface area (Å²) in [5, 5.41) is 2.56. The zero-order valence-corrected chi connectivity index (χ0v) is 15.9. The maximum atomic E-state index is 12.0. The van der Waals surface area contributed by atoms with Crippen molar-refractivity contribution in [2.45, 2.75) is 52.4 Å². The first-order valence-corrected chi connectivity index (χ1v) is 8.39. The summed E-state index contributed by atoms with van der Waals surface area (Å²) >= 11 is 0. The third-order valence-electron chi connectivity index (χ3n) is 3.47. The van der Waals surface area contributed by atoms with E-state index in [1.165, 1.54) is 7.11 Å². The number of esters is 2. The van der Waals surface area contributed by atoms with Gasteiger partial charge in [0, 0.05) is 6.04 Å². The Morgan fingerprint density at radius 3 is 2.27 bits per heavy atom. The molecular formula is C19H27NO6. The molecule has 0 spiro atoms. The fraction of sp³-hybridized carbons (Fsp3) is 0.526. The number of amides is 1. The third-order valence-corrected chi connectivity index (χ3v) is 3.47. The molecule has 1 aromatic carbocycles. The predicted octanol–water partition coefficient (Wildman–Crippen LogP) is 2.82. The van der Waals surface area contributed by atoms with Crippen LogP contribution in [0.4, 0.5) is 4.79 Å². The summed E-state index contributed by atoms with van der Waals surface area (Å²) in [5.74, 6) is -2.02. The smallest absolute Gasteiger partial charge is 0.407 e. The Balaban J connectivity index is 2.61. The van der Waals surface area contributed by atoms with Gasteiger partial charge in [-0.05, 0) is 33.3 Å². The van der Waals surface area contributed by atoms with Gasteiger partial charge in [0.2, 0.25) is 0 Å². The molecule has 144 valence electrons. The van der Waals surface area contributed by atoms with Gasteiger partial charge in [-0.15, -0.1) is 0 Å². The fourth-order valence-corrected chi connectivity index (χ4v) is 2.23. The Morgan fingerprint density at radius 2 is 1.73 bits per heavy atom. The molecule has 0 saturated carbocycles. The van der Waals surface area contributed by atoms with E-state index in [1.807, 2.05) is 30.3 Å². The Kier molecular flexibility index (Phi) is 8.09. The lowest BCUT2D eigenvalue weighted by Crippen LogP contribution is -2.43. The lowest BCUT2D eigenvalue weighted by molar-refractivity contribution is -0.161. The zero-order chi connectivity index (χ0) is 19.7. The standard InChI is InChI=1S/C19H27NO6/c1-13(20-18(23)25-12-14-9-7-6-8-10-14)15(17(22)24-5)11-16(21)26-19(2,3)4/h6-10,13,15H,11-12H2,1-5H3,(H,20,23)/t13-,15-/m0/s1. The Labute approximate surface area is 154 Å². The van der Waals surface area contributed by atoms with Gasteiger partial charge < -0.3 is 19.5 Å². The fourth-order valence-electron chi connectivity index (χ4n) is 2.23. The molecule has 7 nitrogen and oxygen atoms in total. The topological polar surface area (TPSA) is 90.9 Å². The summed E-state index contributed by atoms with van der Waals surface area (Å²) in [7, 11) is 1.23. The van der Waals surface area contributed by atoms with Crippen LogP contribution in [0.15, 0.2) is 30.3 Å². The third kappa shape index (κ3) is 8.00. The highest BCUT2D eigenvalue weighted by atomic mass is 16.6. The molecule has 0 aliphatic heterocycles. The van der Waals surface area contributed by atoms with Crippen molar-refractivity contribution in [3.05, 3.63) is 35.9 Å². The van der Waals surface area contributed by atoms with E-state index in [0.29, 0.717) is 0 Å². The summed E-state index contributed by atoms with van der Waals surface area (Å²) in [6.45, 7) is 6.92. The highest BCUT2D eigenvalue weighted by Gasteiger charge is 2.32. The molecule has 26 heavy (non-hydrogen) atoms. The van der Waals surface area contributed by atoms with Crippen LogP contribution >= 0.6 is 0 Å². The van der Waals surface area contributed by atoms with Gasteiger partial charge in [0.15, 0.2) is 0 Å². The van der Waals surface area contributed by atoms with Crippen LogP contribution in [-0.2, 0) is 30.4 Å². The first kappa shape index (κ1) is 21.5. The van der Waals surface area contributed by atoms with Crippen molar-refractivity contribution < 1.29 is 28.6 Å². The molecule has 1 amide bonds. The molecule has 0 heterocycles. The molecule has 0 fully saturated rings. The van der Waals surface area contributed by atoms with Crippen molar-refractivity contribution in [1.29, 1.82) is 0 Å². The normalized spacial score (nSPS) is 13.3. The maximum Gasteiger partial charge on any atom is 0.407 e. The minimum Gasteiger partial charge on any atom is -0.469 e. The van der Waals surface area contributed by atoms with E-state index in [0.717, 1.165) is 5.56 Å². The number of rotatable bonds is 7. The van der Waals surface area contributed by atoms with Crippen LogP contribution in [-0.4, -0.2) is 36.8 Å². The second-order valence-corrected chi connectivity index (χ2v) is 6.91. The molecule has 2 atom stereocenters. The van der Waals surface area contributed by atoms with Gasteiger partial charge >= 0.3 is 18.0 Å². The van der Waals surface area contributed by atoms with Crippen LogP contribution in [0, 0.1) is 5.92 Å². The number of carbonyl (C=O) groups is 3. The molecule has 1 aromatic rings. The number of hydrogen-bond donors (Lipinski definition) is 1. The second-order valence-electron chi connectivity index (χ2n) is 6.91. The number of carbonyl (C=O) groups excluding carboxylic acids is 3. The van der Waals surface area contributed by atoms with Crippen LogP contribution < -0.4 is 5.32 Å². The predicted molar refractivity (Wildman–Crippen MR) is 95.2 cm³/mol. The van der Waals surface area contributed by atoms with Crippen molar-refractivity contribution in [2.24, 2.45) is 5.92 Å². The molecular weight excluding hydrogens is 338 g/mol. The SMILES string of the molecule is COC(=O)[C@@H](CC(=O)OC(C)(C)C)[C@H](C)NC(=O)OCc1ccccc1. The molecule has 1 rings (SSSR count). The number of hydrogen-bond acceptors (Lipinski definition) is 6. The molecule has 7 heteroatoms. The summed E-state index contributed by atoms with van der Waals surface area (Å²) in [6.07, 6.45) is -0.885. The molecule has 1 N–H and O–H groups in total. The lowest BCUT2D eigenvalue weighted by Gasteiger charge is -2.24. The average molecular weight is 365 g/mol. The molecule has 0 radical (unpaired) electrons. The summed E-state index contributed by atoms with van der Waals surface area (Å²) in [5.41, 5.74) is 0.178. The van der Waals surface area contributed by atoms with Crippen LogP contribution in [0.1, 0.15) is 39.7 Å². The Bertz CT molecular complexity index is 608. The summed E-state index contributed by atoms with van der Waals surface area (Å²) in [4.78, 5) is 36.0. The summed E-state index contributed by atoms with van der Waals surface area (Å²) < 4.78 is 15.1. The van der Waals surface area contributed by atoms with Gasteiger partial charge in [0.05, 0.1) is 19.4 Å². The molecule has 0 unspecified atom stereocenters. The number of alkyl carbamates (subject to hydrolysis) is 1. The van der Waals surface area contributed by atoms with Crippen molar-refractivity contribution >= 4 is 18.0 Å². The minimum absolute atomic E-state index is 0.106. The van der Waals surface area contributed by atoms with Crippen LogP contribution in [0.3, 0.4) is 0 Å². The van der Waals surface area contributed by atoms with E-state index in [9.17, 15) is 14.4 Å². The Hall–Kier alpha value is -2.57. The van der Waals surface area contributed by atoms with Crippen molar-refractivity contribution in [3.63, 3.8) is 0 Å². The average Bonchev–Trinajstić information content (AvgIpc) is 2.56. The van der Waals surface area contributed by atoms with Gasteiger partial charge in [0.25, 0.3) is 0 Å². The molecule has 0 saturated heterocycles. The number of ether oxygens (including phenoxy) is 3. The van der Waals surface area contributed by atoms with E-state index in [2.05, 4.69) is 5.32 Å². The van der Waals surface area contributed by atoms with Gasteiger partial charge in [-0.3, -0.25) is 9.59 Å². The highest BCUT2D eigenvalue weighted by molar-refractivity contribution is 5.81. The first-order valence-electron chi connectivity index (χ1n) is 8.39. The monoisotopic (exact) mass is 365 g/mol. The maximum absolute atomic E-state index is 12.0. The number of benzene rings is 1. The van der Waals surface area contributed by atoms with E-state index < -0.39 is 35.6 Å². The first-order chi connectivity index (χ1) is 12.1. The zero-order valence-electron chi connectivity index (χ0n) is 15.9. The number of nitrogens with one attached hydrogen (secondary N) is 1. The molecule has 0 bridgehead atoms. The summed E-state index contributed by atoms with van der Waals surface area (Å²) in [6, 6.07) is 8.54. The van der Waals surface area contributed by atoms with Crippen LogP contribution in [0.5, 0.6) is 0 Å². The van der Waals surface area contributed by atoms with Gasteiger partial charge in [-0.2, -0.15) is 0 Å². The minimum atomic E-state index is -0.876. The van der Waals surface area contributed by atoms with Crippen molar-refractivity contribution in [3.8, 4) is 0 Å². The van der Waals surface area contributed by atoms with Crippen molar-refractivity contribution in [2.75, 3.05) is 7.11 Å². The number of methoxy groups -OCH3 is 1. The molecule has 0 aliphatic rings. The lowest BCUT2D eigenvalue weighted by atomic mass is 9.97. The van der Waals surface area contributed by atoms with Crippen LogP contribution in [0.2, 0.25) is 0 Å². The van der Waals surface area contributed by atoms with E-state index in [1.54, 1.807) is 27.7 Å². The van der Waals surface area contributed by atoms with E-state index >= 15 is 0 Å². The molecule has 0 aliphatic carbocycles. The van der Waals surface area contributed by atoms with Crippen molar-refractivity contribution in [1.82, 2.24) is 5.32 Å². The quantitative estimate of drug-likeness (QED) is 0.590. The van der Waals surface area contributed by atoms with Gasteiger partial charge in [0.1, 0.15) is 12.2 Å².